The zero-order valence-electron chi connectivity index (χ0n) is 14.0. The van der Waals surface area contributed by atoms with Crippen molar-refractivity contribution in [2.24, 2.45) is 5.92 Å². The maximum Gasteiger partial charge on any atom is 0.374 e. The third-order valence-corrected chi connectivity index (χ3v) is 3.00. The summed E-state index contributed by atoms with van der Waals surface area (Å²) in [5.41, 5.74) is 0. The quantitative estimate of drug-likeness (QED) is 0.726. The molecule has 0 saturated heterocycles. The predicted molar refractivity (Wildman–Crippen MR) is 86.7 cm³/mol. The summed E-state index contributed by atoms with van der Waals surface area (Å²) in [7, 11) is 0. The SMILES string of the molecule is CC(C)CNC(=O)NC(=O)COC(=O)c1ccc(Cn2cccn2)o1. The Bertz CT molecular complexity index is 721. The molecule has 0 unspecified atom stereocenters. The van der Waals surface area contributed by atoms with Gasteiger partial charge >= 0.3 is 12.0 Å². The van der Waals surface area contributed by atoms with Gasteiger partial charge in [0.2, 0.25) is 5.76 Å². The lowest BCUT2D eigenvalue weighted by Gasteiger charge is -2.08. The van der Waals surface area contributed by atoms with Gasteiger partial charge in [-0.2, -0.15) is 5.10 Å². The smallest absolute Gasteiger partial charge is 0.374 e. The number of amides is 3. The van der Waals surface area contributed by atoms with Gasteiger partial charge < -0.3 is 14.5 Å². The number of rotatable bonds is 7. The normalized spacial score (nSPS) is 10.5. The zero-order valence-corrected chi connectivity index (χ0v) is 14.0. The van der Waals surface area contributed by atoms with Crippen LogP contribution in [0.5, 0.6) is 0 Å². The van der Waals surface area contributed by atoms with Crippen molar-refractivity contribution < 1.29 is 23.5 Å². The van der Waals surface area contributed by atoms with Gasteiger partial charge in [-0.25, -0.2) is 9.59 Å². The summed E-state index contributed by atoms with van der Waals surface area (Å²) in [5.74, 6) is -0.761. The number of hydrogen-bond donors (Lipinski definition) is 2. The molecule has 0 saturated carbocycles. The lowest BCUT2D eigenvalue weighted by molar-refractivity contribution is -0.123. The minimum absolute atomic E-state index is 0.0285. The van der Waals surface area contributed by atoms with E-state index in [4.69, 9.17) is 9.15 Å². The molecule has 0 fully saturated rings. The van der Waals surface area contributed by atoms with Gasteiger partial charge in [-0.05, 0) is 24.1 Å². The van der Waals surface area contributed by atoms with Crippen molar-refractivity contribution in [2.75, 3.05) is 13.2 Å². The van der Waals surface area contributed by atoms with Crippen molar-refractivity contribution in [3.63, 3.8) is 0 Å². The second kappa shape index (κ2) is 8.67. The van der Waals surface area contributed by atoms with Crippen LogP contribution in [0.1, 0.15) is 30.2 Å². The summed E-state index contributed by atoms with van der Waals surface area (Å²) < 4.78 is 11.8. The van der Waals surface area contributed by atoms with Crippen LogP contribution < -0.4 is 10.6 Å². The van der Waals surface area contributed by atoms with Crippen LogP contribution in [0, 0.1) is 5.92 Å². The molecule has 0 atom stereocenters. The number of carbonyl (C=O) groups excluding carboxylic acids is 3. The molecule has 134 valence electrons. The van der Waals surface area contributed by atoms with Gasteiger partial charge in [0.25, 0.3) is 5.91 Å². The lowest BCUT2D eigenvalue weighted by atomic mass is 10.2. The van der Waals surface area contributed by atoms with Crippen LogP contribution >= 0.6 is 0 Å². The van der Waals surface area contributed by atoms with Crippen molar-refractivity contribution in [2.45, 2.75) is 20.4 Å². The minimum atomic E-state index is -0.788. The number of furan rings is 1. The van der Waals surface area contributed by atoms with E-state index >= 15 is 0 Å². The Morgan fingerprint density at radius 3 is 2.80 bits per heavy atom. The van der Waals surface area contributed by atoms with Gasteiger partial charge in [-0.1, -0.05) is 13.8 Å². The largest absolute Gasteiger partial charge is 0.452 e. The van der Waals surface area contributed by atoms with Gasteiger partial charge in [0, 0.05) is 18.9 Å². The Morgan fingerprint density at radius 2 is 2.12 bits per heavy atom. The van der Waals surface area contributed by atoms with Crippen LogP contribution in [0.4, 0.5) is 4.79 Å². The van der Waals surface area contributed by atoms with Gasteiger partial charge in [0.05, 0.1) is 6.54 Å². The van der Waals surface area contributed by atoms with Gasteiger partial charge in [-0.3, -0.25) is 14.8 Å². The summed E-state index contributed by atoms with van der Waals surface area (Å²) in [4.78, 5) is 34.8. The molecule has 2 N–H and O–H groups in total. The fourth-order valence-electron chi connectivity index (χ4n) is 1.83. The number of hydrogen-bond acceptors (Lipinski definition) is 6. The standard InChI is InChI=1S/C16H20N4O5/c1-11(2)8-17-16(23)19-14(21)10-24-15(22)13-5-4-12(25-13)9-20-7-3-6-18-20/h3-7,11H,8-10H2,1-2H3,(H2,17,19,21,23). The molecule has 0 bridgehead atoms. The monoisotopic (exact) mass is 348 g/mol. The number of urea groups is 1. The maximum atomic E-state index is 11.8. The van der Waals surface area contributed by atoms with Crippen molar-refractivity contribution >= 4 is 17.9 Å². The third-order valence-electron chi connectivity index (χ3n) is 3.00. The van der Waals surface area contributed by atoms with Crippen molar-refractivity contribution in [3.05, 3.63) is 42.1 Å². The molecule has 2 aromatic rings. The maximum absolute atomic E-state index is 11.8. The molecule has 0 radical (unpaired) electrons. The first kappa shape index (κ1) is 18.2. The van der Waals surface area contributed by atoms with Crippen molar-refractivity contribution in [1.29, 1.82) is 0 Å². The first-order chi connectivity index (χ1) is 11.9. The second-order valence-electron chi connectivity index (χ2n) is 5.70. The van der Waals surface area contributed by atoms with E-state index in [0.29, 0.717) is 18.8 Å². The van der Waals surface area contributed by atoms with Crippen LogP contribution in [0.25, 0.3) is 0 Å². The zero-order chi connectivity index (χ0) is 18.2. The van der Waals surface area contributed by atoms with Crippen LogP contribution in [-0.4, -0.2) is 40.8 Å². The first-order valence-corrected chi connectivity index (χ1v) is 7.75. The Morgan fingerprint density at radius 1 is 1.32 bits per heavy atom. The third kappa shape index (κ3) is 6.13. The van der Waals surface area contributed by atoms with Crippen LogP contribution in [0.15, 0.2) is 35.0 Å². The molecular formula is C16H20N4O5. The van der Waals surface area contributed by atoms with E-state index in [1.54, 1.807) is 29.2 Å². The first-order valence-electron chi connectivity index (χ1n) is 7.75. The highest BCUT2D eigenvalue weighted by Gasteiger charge is 2.16. The van der Waals surface area contributed by atoms with Gasteiger partial charge in [-0.15, -0.1) is 0 Å². The van der Waals surface area contributed by atoms with E-state index in [0.717, 1.165) is 0 Å². The Kier molecular flexibility index (Phi) is 6.33. The van der Waals surface area contributed by atoms with Crippen LogP contribution in [0.2, 0.25) is 0 Å². The molecule has 2 heterocycles. The average Bonchev–Trinajstić information content (AvgIpc) is 3.23. The number of nitrogens with zero attached hydrogens (tertiary/aromatic N) is 2. The summed E-state index contributed by atoms with van der Waals surface area (Å²) in [6.07, 6.45) is 3.39. The molecule has 2 aromatic heterocycles. The number of nitrogens with one attached hydrogen (secondary N) is 2. The minimum Gasteiger partial charge on any atom is -0.452 e. The highest BCUT2D eigenvalue weighted by Crippen LogP contribution is 2.10. The molecule has 0 spiro atoms. The second-order valence-corrected chi connectivity index (χ2v) is 5.70. The Balaban J connectivity index is 1.75. The topological polar surface area (TPSA) is 115 Å². The van der Waals surface area contributed by atoms with E-state index in [1.807, 2.05) is 13.8 Å². The molecular weight excluding hydrogens is 328 g/mol. The molecule has 0 aliphatic carbocycles. The molecule has 9 nitrogen and oxygen atoms in total. The molecule has 2 rings (SSSR count). The summed E-state index contributed by atoms with van der Waals surface area (Å²) in [6, 6.07) is 4.22. The van der Waals surface area contributed by atoms with Gasteiger partial charge in [0.15, 0.2) is 6.61 Å². The molecule has 0 aromatic carbocycles. The number of aromatic nitrogens is 2. The predicted octanol–water partition coefficient (Wildman–Crippen LogP) is 1.16. The number of ether oxygens (including phenoxy) is 1. The summed E-state index contributed by atoms with van der Waals surface area (Å²) >= 11 is 0. The summed E-state index contributed by atoms with van der Waals surface area (Å²) in [6.45, 7) is 4.08. The van der Waals surface area contributed by atoms with E-state index in [-0.39, 0.29) is 11.7 Å². The van der Waals surface area contributed by atoms with Crippen molar-refractivity contribution in [3.8, 4) is 0 Å². The van der Waals surface area contributed by atoms with E-state index in [9.17, 15) is 14.4 Å². The number of esters is 1. The molecule has 3 amide bonds. The van der Waals surface area contributed by atoms with Crippen LogP contribution in [0.3, 0.4) is 0 Å². The van der Waals surface area contributed by atoms with E-state index in [1.165, 1.54) is 6.07 Å². The van der Waals surface area contributed by atoms with Crippen LogP contribution in [-0.2, 0) is 16.1 Å². The Hall–Kier alpha value is -3.10. The van der Waals surface area contributed by atoms with Crippen molar-refractivity contribution in [1.82, 2.24) is 20.4 Å². The Labute approximate surface area is 144 Å². The molecule has 25 heavy (non-hydrogen) atoms. The highest BCUT2D eigenvalue weighted by molar-refractivity contribution is 5.96. The average molecular weight is 348 g/mol. The van der Waals surface area contributed by atoms with E-state index < -0.39 is 24.5 Å². The summed E-state index contributed by atoms with van der Waals surface area (Å²) in [5, 5.41) is 8.62. The number of imide groups is 1. The highest BCUT2D eigenvalue weighted by atomic mass is 16.5. The molecule has 9 heteroatoms. The van der Waals surface area contributed by atoms with E-state index in [2.05, 4.69) is 15.7 Å². The molecule has 0 aliphatic rings. The fraction of sp³-hybridized carbons (Fsp3) is 0.375. The van der Waals surface area contributed by atoms with Gasteiger partial charge in [0.1, 0.15) is 5.76 Å². The number of carbonyl (C=O) groups is 3. The lowest BCUT2D eigenvalue weighted by Crippen LogP contribution is -2.42. The fourth-order valence-corrected chi connectivity index (χ4v) is 1.83. The molecule has 0 aliphatic heterocycles.